The summed E-state index contributed by atoms with van der Waals surface area (Å²) in [5.41, 5.74) is 0. The molecule has 0 aliphatic heterocycles. The third-order valence-electron chi connectivity index (χ3n) is 3.94. The van der Waals surface area contributed by atoms with Crippen LogP contribution in [0.25, 0.3) is 0 Å². The van der Waals surface area contributed by atoms with Gasteiger partial charge in [0.05, 0.1) is 6.61 Å². The number of carbonyl (C=O) groups is 1. The first-order valence-electron chi connectivity index (χ1n) is 9.55. The molecule has 0 aromatic rings. The minimum Gasteiger partial charge on any atom is -0.466 e. The molecule has 0 bridgehead atoms. The van der Waals surface area contributed by atoms with Gasteiger partial charge < -0.3 is 4.74 Å². The quantitative estimate of drug-likeness (QED) is 0.183. The number of carbonyl (C=O) groups excluding carboxylic acids is 1. The molecule has 0 spiro atoms. The molecule has 130 valence electrons. The zero-order valence-electron chi connectivity index (χ0n) is 15.1. The van der Waals surface area contributed by atoms with Crippen molar-refractivity contribution in [3.8, 4) is 0 Å². The summed E-state index contributed by atoms with van der Waals surface area (Å²) in [6.07, 6.45) is 23.0. The van der Waals surface area contributed by atoms with E-state index in [0.29, 0.717) is 6.61 Å². The molecule has 0 saturated heterocycles. The Hall–Kier alpha value is -0.790. The minimum atomic E-state index is -0.156. The second-order valence-electron chi connectivity index (χ2n) is 6.28. The van der Waals surface area contributed by atoms with Crippen LogP contribution in [0.4, 0.5) is 0 Å². The lowest BCUT2D eigenvalue weighted by Crippen LogP contribution is -2.00. The van der Waals surface area contributed by atoms with E-state index in [4.69, 9.17) is 4.74 Å². The van der Waals surface area contributed by atoms with E-state index in [1.165, 1.54) is 90.4 Å². The number of allylic oxidation sites excluding steroid dienone is 2. The fourth-order valence-electron chi connectivity index (χ4n) is 2.57. The predicted octanol–water partition coefficient (Wildman–Crippen LogP) is 6.59. The largest absolute Gasteiger partial charge is 0.466 e. The summed E-state index contributed by atoms with van der Waals surface area (Å²) in [4.78, 5) is 10.6. The molecule has 0 rings (SSSR count). The maximum Gasteiger partial charge on any atom is 0.302 e. The molecule has 0 aromatic heterocycles. The van der Waals surface area contributed by atoms with Crippen LogP contribution < -0.4 is 0 Å². The Kier molecular flexibility index (Phi) is 17.6. The first-order valence-corrected chi connectivity index (χ1v) is 9.55. The van der Waals surface area contributed by atoms with Crippen molar-refractivity contribution in [2.75, 3.05) is 6.61 Å². The highest BCUT2D eigenvalue weighted by Gasteiger charge is 1.95. The van der Waals surface area contributed by atoms with Crippen LogP contribution in [0.5, 0.6) is 0 Å². The van der Waals surface area contributed by atoms with Gasteiger partial charge in [-0.05, 0) is 25.7 Å². The number of esters is 1. The van der Waals surface area contributed by atoms with E-state index in [0.717, 1.165) is 6.42 Å². The maximum atomic E-state index is 10.6. The highest BCUT2D eigenvalue weighted by Crippen LogP contribution is 2.12. The van der Waals surface area contributed by atoms with Gasteiger partial charge in [-0.1, -0.05) is 83.3 Å². The normalized spacial score (nSPS) is 11.2. The van der Waals surface area contributed by atoms with Gasteiger partial charge in [0.1, 0.15) is 0 Å². The Morgan fingerprint density at radius 1 is 0.727 bits per heavy atom. The van der Waals surface area contributed by atoms with E-state index in [1.807, 2.05) is 0 Å². The van der Waals surface area contributed by atoms with Gasteiger partial charge in [0.15, 0.2) is 0 Å². The summed E-state index contributed by atoms with van der Waals surface area (Å²) < 4.78 is 4.92. The lowest BCUT2D eigenvalue weighted by Gasteiger charge is -2.03. The Morgan fingerprint density at radius 2 is 1.18 bits per heavy atom. The van der Waals surface area contributed by atoms with Crippen LogP contribution in [0.15, 0.2) is 12.2 Å². The monoisotopic (exact) mass is 310 g/mol. The van der Waals surface area contributed by atoms with E-state index >= 15 is 0 Å². The van der Waals surface area contributed by atoms with Crippen molar-refractivity contribution in [3.05, 3.63) is 12.2 Å². The van der Waals surface area contributed by atoms with E-state index < -0.39 is 0 Å². The zero-order valence-corrected chi connectivity index (χ0v) is 15.1. The van der Waals surface area contributed by atoms with Crippen molar-refractivity contribution >= 4 is 5.97 Å². The number of unbranched alkanes of at least 4 members (excludes halogenated alkanes) is 12. The van der Waals surface area contributed by atoms with Crippen molar-refractivity contribution in [1.29, 1.82) is 0 Å². The Labute approximate surface area is 138 Å². The smallest absolute Gasteiger partial charge is 0.302 e. The molecule has 0 fully saturated rings. The third kappa shape index (κ3) is 19.2. The number of ether oxygens (including phenoxy) is 1. The molecule has 0 unspecified atom stereocenters. The first-order chi connectivity index (χ1) is 10.8. The summed E-state index contributed by atoms with van der Waals surface area (Å²) in [7, 11) is 0. The first kappa shape index (κ1) is 21.2. The minimum absolute atomic E-state index is 0.156. The molecule has 0 aromatic carbocycles. The van der Waals surface area contributed by atoms with Crippen LogP contribution in [0, 0.1) is 0 Å². The van der Waals surface area contributed by atoms with Crippen LogP contribution in [-0.2, 0) is 9.53 Å². The summed E-state index contributed by atoms with van der Waals surface area (Å²) >= 11 is 0. The SMILES string of the molecule is CCC/C=C\CCCCCCCCCCCCCOC(C)=O. The molecule has 22 heavy (non-hydrogen) atoms. The number of hydrogen-bond donors (Lipinski definition) is 0. The van der Waals surface area contributed by atoms with Gasteiger partial charge in [0.25, 0.3) is 0 Å². The third-order valence-corrected chi connectivity index (χ3v) is 3.94. The van der Waals surface area contributed by atoms with Crippen molar-refractivity contribution < 1.29 is 9.53 Å². The van der Waals surface area contributed by atoms with Gasteiger partial charge in [-0.15, -0.1) is 0 Å². The Bertz CT molecular complexity index is 258. The van der Waals surface area contributed by atoms with Gasteiger partial charge in [0, 0.05) is 6.92 Å². The van der Waals surface area contributed by atoms with Crippen molar-refractivity contribution in [2.24, 2.45) is 0 Å². The van der Waals surface area contributed by atoms with Crippen LogP contribution in [-0.4, -0.2) is 12.6 Å². The van der Waals surface area contributed by atoms with Crippen molar-refractivity contribution in [1.82, 2.24) is 0 Å². The summed E-state index contributed by atoms with van der Waals surface area (Å²) in [5, 5.41) is 0. The lowest BCUT2D eigenvalue weighted by atomic mass is 10.1. The van der Waals surface area contributed by atoms with Crippen LogP contribution in [0.2, 0.25) is 0 Å². The van der Waals surface area contributed by atoms with E-state index in [1.54, 1.807) is 0 Å². The van der Waals surface area contributed by atoms with Gasteiger partial charge in [-0.2, -0.15) is 0 Å². The van der Waals surface area contributed by atoms with Crippen molar-refractivity contribution in [2.45, 2.75) is 104 Å². The highest BCUT2D eigenvalue weighted by atomic mass is 16.5. The van der Waals surface area contributed by atoms with Gasteiger partial charge in [-0.3, -0.25) is 4.79 Å². The molecule has 0 aliphatic carbocycles. The molecule has 0 heterocycles. The second kappa shape index (κ2) is 18.3. The fraction of sp³-hybridized carbons (Fsp3) is 0.850. The molecular formula is C20H38O2. The average Bonchev–Trinajstić information content (AvgIpc) is 2.50. The summed E-state index contributed by atoms with van der Waals surface area (Å²) in [5.74, 6) is -0.156. The van der Waals surface area contributed by atoms with Crippen LogP contribution >= 0.6 is 0 Å². The molecule has 0 N–H and O–H groups in total. The molecule has 0 amide bonds. The summed E-state index contributed by atoms with van der Waals surface area (Å²) in [6, 6.07) is 0. The van der Waals surface area contributed by atoms with E-state index in [2.05, 4.69) is 19.1 Å². The number of hydrogen-bond acceptors (Lipinski definition) is 2. The summed E-state index contributed by atoms with van der Waals surface area (Å²) in [6.45, 7) is 4.31. The Morgan fingerprint density at radius 3 is 1.68 bits per heavy atom. The van der Waals surface area contributed by atoms with Crippen LogP contribution in [0.3, 0.4) is 0 Å². The van der Waals surface area contributed by atoms with Crippen LogP contribution in [0.1, 0.15) is 104 Å². The van der Waals surface area contributed by atoms with E-state index in [9.17, 15) is 4.79 Å². The zero-order chi connectivity index (χ0) is 16.3. The van der Waals surface area contributed by atoms with Gasteiger partial charge in [-0.25, -0.2) is 0 Å². The van der Waals surface area contributed by atoms with Gasteiger partial charge >= 0.3 is 5.97 Å². The maximum absolute atomic E-state index is 10.6. The van der Waals surface area contributed by atoms with Gasteiger partial charge in [0.2, 0.25) is 0 Å². The molecule has 0 saturated carbocycles. The molecule has 0 atom stereocenters. The topological polar surface area (TPSA) is 26.3 Å². The predicted molar refractivity (Wildman–Crippen MR) is 96.1 cm³/mol. The lowest BCUT2D eigenvalue weighted by molar-refractivity contribution is -0.141. The fourth-order valence-corrected chi connectivity index (χ4v) is 2.57. The molecular weight excluding hydrogens is 272 g/mol. The Balaban J connectivity index is 3.01. The molecule has 2 nitrogen and oxygen atoms in total. The second-order valence-corrected chi connectivity index (χ2v) is 6.28. The van der Waals surface area contributed by atoms with E-state index in [-0.39, 0.29) is 5.97 Å². The number of rotatable bonds is 16. The highest BCUT2D eigenvalue weighted by molar-refractivity contribution is 5.65. The van der Waals surface area contributed by atoms with Crippen molar-refractivity contribution in [3.63, 3.8) is 0 Å². The molecule has 2 heteroatoms. The molecule has 0 radical (unpaired) electrons. The standard InChI is InChI=1S/C20H38O2/c1-3-4-5-6-7-8-9-10-11-12-13-14-15-16-17-18-19-22-20(2)21/h5-6H,3-4,7-19H2,1-2H3/b6-5-. The molecule has 0 aliphatic rings. The average molecular weight is 311 g/mol.